The maximum atomic E-state index is 12.4. The van der Waals surface area contributed by atoms with Crippen LogP contribution in [0, 0.1) is 6.92 Å². The Kier molecular flexibility index (Phi) is 3.54. The number of rotatable bonds is 3. The molecule has 0 amide bonds. The molecule has 0 aliphatic rings. The third kappa shape index (κ3) is 2.59. The van der Waals surface area contributed by atoms with Crippen LogP contribution in [0.2, 0.25) is 0 Å². The molecule has 13 heavy (non-hydrogen) atoms. The lowest BCUT2D eigenvalue weighted by molar-refractivity contribution is 0.234. The Morgan fingerprint density at radius 3 is 2.62 bits per heavy atom. The molecule has 72 valence electrons. The summed E-state index contributed by atoms with van der Waals surface area (Å²) in [6, 6.07) is 5.08. The highest BCUT2D eigenvalue weighted by molar-refractivity contribution is 7.97. The van der Waals surface area contributed by atoms with Crippen LogP contribution in [0.25, 0.3) is 0 Å². The van der Waals surface area contributed by atoms with Crippen LogP contribution < -0.4 is 5.34 Å². The lowest BCUT2D eigenvalue weighted by Gasteiger charge is -2.09. The molecule has 0 spiro atoms. The molecule has 0 bridgehead atoms. The standard InChI is InChI=1S/C9H11F2NS/c1-7-3-4-8(6-13-2)9(5-7)12(10)11/h3-5H,6H2,1-2H3. The minimum Gasteiger partial charge on any atom is -0.161 e. The maximum Gasteiger partial charge on any atom is 0.109 e. The molecule has 0 N–H and O–H groups in total. The van der Waals surface area contributed by atoms with Crippen molar-refractivity contribution in [3.05, 3.63) is 29.3 Å². The number of hydrogen-bond donors (Lipinski definition) is 0. The first-order valence-electron chi connectivity index (χ1n) is 3.85. The molecule has 0 fully saturated rings. The molecule has 1 aromatic carbocycles. The van der Waals surface area contributed by atoms with E-state index in [9.17, 15) is 8.96 Å². The molecule has 0 aliphatic heterocycles. The summed E-state index contributed by atoms with van der Waals surface area (Å²) in [6.45, 7) is 1.80. The van der Waals surface area contributed by atoms with Gasteiger partial charge in [0.15, 0.2) is 0 Å². The molecule has 4 heteroatoms. The molecule has 0 atom stereocenters. The average Bonchev–Trinajstić information content (AvgIpc) is 2.08. The van der Waals surface area contributed by atoms with Crippen LogP contribution in [0.4, 0.5) is 14.6 Å². The van der Waals surface area contributed by atoms with E-state index in [1.807, 2.05) is 12.3 Å². The van der Waals surface area contributed by atoms with Gasteiger partial charge in [0.1, 0.15) is 5.69 Å². The molecule has 1 nitrogen and oxygen atoms in total. The van der Waals surface area contributed by atoms with Crippen LogP contribution in [-0.2, 0) is 5.75 Å². The van der Waals surface area contributed by atoms with Gasteiger partial charge in [-0.2, -0.15) is 11.8 Å². The van der Waals surface area contributed by atoms with Crippen LogP contribution >= 0.6 is 11.8 Å². The first-order valence-corrected chi connectivity index (χ1v) is 5.24. The van der Waals surface area contributed by atoms with E-state index in [1.165, 1.54) is 17.8 Å². The van der Waals surface area contributed by atoms with Gasteiger partial charge < -0.3 is 0 Å². The molecule has 0 saturated heterocycles. The number of halogens is 2. The summed E-state index contributed by atoms with van der Waals surface area (Å²) in [5.74, 6) is 0.611. The van der Waals surface area contributed by atoms with E-state index in [2.05, 4.69) is 0 Å². The van der Waals surface area contributed by atoms with Crippen molar-refractivity contribution in [3.8, 4) is 0 Å². The Morgan fingerprint density at radius 2 is 2.08 bits per heavy atom. The van der Waals surface area contributed by atoms with E-state index in [-0.39, 0.29) is 5.69 Å². The van der Waals surface area contributed by atoms with Crippen LogP contribution in [-0.4, -0.2) is 6.26 Å². The molecular weight excluding hydrogens is 192 g/mol. The summed E-state index contributed by atoms with van der Waals surface area (Å²) in [4.78, 5) is 0. The highest BCUT2D eigenvalue weighted by Crippen LogP contribution is 2.25. The van der Waals surface area contributed by atoms with Crippen molar-refractivity contribution in [1.29, 1.82) is 0 Å². The fourth-order valence-corrected chi connectivity index (χ4v) is 1.66. The van der Waals surface area contributed by atoms with Crippen LogP contribution in [0.3, 0.4) is 0 Å². The van der Waals surface area contributed by atoms with Gasteiger partial charge in [0.25, 0.3) is 0 Å². The monoisotopic (exact) mass is 203 g/mol. The zero-order valence-electron chi connectivity index (χ0n) is 7.55. The highest BCUT2D eigenvalue weighted by Gasteiger charge is 2.09. The van der Waals surface area contributed by atoms with E-state index in [4.69, 9.17) is 0 Å². The van der Waals surface area contributed by atoms with Gasteiger partial charge in [0, 0.05) is 5.75 Å². The second-order valence-corrected chi connectivity index (χ2v) is 3.66. The minimum absolute atomic E-state index is 0.00866. The number of anilines is 1. The Morgan fingerprint density at radius 1 is 1.38 bits per heavy atom. The van der Waals surface area contributed by atoms with Crippen molar-refractivity contribution in [2.75, 3.05) is 11.6 Å². The molecule has 0 radical (unpaired) electrons. The number of thioether (sulfide) groups is 1. The second kappa shape index (κ2) is 4.46. The van der Waals surface area contributed by atoms with Crippen LogP contribution in [0.15, 0.2) is 18.2 Å². The van der Waals surface area contributed by atoms with E-state index < -0.39 is 5.34 Å². The Bertz CT molecular complexity index is 289. The Labute approximate surface area is 80.6 Å². The predicted octanol–water partition coefficient (Wildman–Crippen LogP) is 3.43. The van der Waals surface area contributed by atoms with Crippen molar-refractivity contribution in [3.63, 3.8) is 0 Å². The summed E-state index contributed by atoms with van der Waals surface area (Å²) in [5.41, 5.74) is 1.53. The van der Waals surface area contributed by atoms with Gasteiger partial charge in [-0.1, -0.05) is 21.1 Å². The summed E-state index contributed by atoms with van der Waals surface area (Å²) in [6.07, 6.45) is 1.89. The van der Waals surface area contributed by atoms with Crippen molar-refractivity contribution >= 4 is 17.4 Å². The summed E-state index contributed by atoms with van der Waals surface area (Å²) < 4.78 is 24.7. The Hall–Kier alpha value is -0.770. The van der Waals surface area contributed by atoms with Gasteiger partial charge in [-0.3, -0.25) is 0 Å². The fourth-order valence-electron chi connectivity index (χ4n) is 1.11. The van der Waals surface area contributed by atoms with Gasteiger partial charge in [-0.25, -0.2) is 0 Å². The van der Waals surface area contributed by atoms with Gasteiger partial charge in [-0.05, 0) is 35.7 Å². The summed E-state index contributed by atoms with van der Waals surface area (Å²) >= 11 is 1.53. The van der Waals surface area contributed by atoms with E-state index in [0.717, 1.165) is 5.56 Å². The first-order chi connectivity index (χ1) is 6.15. The minimum atomic E-state index is -0.821. The van der Waals surface area contributed by atoms with Gasteiger partial charge in [0.2, 0.25) is 0 Å². The first kappa shape index (κ1) is 10.3. The SMILES string of the molecule is CSCc1ccc(C)cc1N(F)F. The quantitative estimate of drug-likeness (QED) is 0.692. The largest absolute Gasteiger partial charge is 0.161 e. The molecule has 1 aromatic rings. The molecule has 0 saturated carbocycles. The predicted molar refractivity (Wildman–Crippen MR) is 53.1 cm³/mol. The zero-order chi connectivity index (χ0) is 9.84. The summed E-state index contributed by atoms with van der Waals surface area (Å²) in [5, 5.41) is -0.821. The van der Waals surface area contributed by atoms with Gasteiger partial charge in [0.05, 0.1) is 0 Å². The van der Waals surface area contributed by atoms with Crippen molar-refractivity contribution in [1.82, 2.24) is 0 Å². The molecule has 0 aromatic heterocycles. The van der Waals surface area contributed by atoms with Crippen molar-refractivity contribution < 1.29 is 8.96 Å². The Balaban J connectivity index is 3.03. The van der Waals surface area contributed by atoms with E-state index in [1.54, 1.807) is 13.0 Å². The fraction of sp³-hybridized carbons (Fsp3) is 0.333. The highest BCUT2D eigenvalue weighted by atomic mass is 32.2. The second-order valence-electron chi connectivity index (χ2n) is 2.80. The van der Waals surface area contributed by atoms with Crippen molar-refractivity contribution in [2.45, 2.75) is 12.7 Å². The number of hydrogen-bond acceptors (Lipinski definition) is 2. The number of nitrogens with zero attached hydrogens (tertiary/aromatic N) is 1. The van der Waals surface area contributed by atoms with Crippen LogP contribution in [0.1, 0.15) is 11.1 Å². The summed E-state index contributed by atoms with van der Waals surface area (Å²) in [7, 11) is 0. The van der Waals surface area contributed by atoms with Crippen LogP contribution in [0.5, 0.6) is 0 Å². The molecule has 1 rings (SSSR count). The van der Waals surface area contributed by atoms with Crippen molar-refractivity contribution in [2.24, 2.45) is 0 Å². The smallest absolute Gasteiger partial charge is 0.109 e. The van der Waals surface area contributed by atoms with E-state index >= 15 is 0 Å². The molecular formula is C9H11F2NS. The van der Waals surface area contributed by atoms with Gasteiger partial charge >= 0.3 is 0 Å². The number of benzene rings is 1. The normalized spacial score (nSPS) is 10.2. The molecule has 0 heterocycles. The van der Waals surface area contributed by atoms with Gasteiger partial charge in [-0.15, -0.1) is 0 Å². The zero-order valence-corrected chi connectivity index (χ0v) is 8.37. The lowest BCUT2D eigenvalue weighted by Crippen LogP contribution is -2.00. The third-order valence-corrected chi connectivity index (χ3v) is 2.32. The molecule has 0 unspecified atom stereocenters. The maximum absolute atomic E-state index is 12.4. The topological polar surface area (TPSA) is 3.24 Å². The molecule has 0 aliphatic carbocycles. The average molecular weight is 203 g/mol. The number of aryl methyl sites for hydroxylation is 1. The third-order valence-electron chi connectivity index (χ3n) is 1.72. The van der Waals surface area contributed by atoms with E-state index in [0.29, 0.717) is 11.3 Å². The lowest BCUT2D eigenvalue weighted by atomic mass is 10.1.